The maximum atomic E-state index is 10.3. The van der Waals surface area contributed by atoms with Crippen molar-refractivity contribution in [1.29, 1.82) is 0 Å². The molecule has 0 saturated carbocycles. The molecule has 0 spiro atoms. The molecule has 1 heterocycles. The normalized spacial score (nSPS) is 12.5. The lowest BCUT2D eigenvalue weighted by Crippen LogP contribution is -2.38. The molecule has 1 aromatic carbocycles. The number of benzene rings is 1. The summed E-state index contributed by atoms with van der Waals surface area (Å²) in [6, 6.07) is 13.8. The third-order valence-electron chi connectivity index (χ3n) is 4.56. The van der Waals surface area contributed by atoms with Crippen molar-refractivity contribution in [2.45, 2.75) is 39.8 Å². The van der Waals surface area contributed by atoms with Crippen LogP contribution in [0.5, 0.6) is 0 Å². The number of hydrogen-bond acceptors (Lipinski definition) is 4. The van der Waals surface area contributed by atoms with Crippen LogP contribution in [0.4, 0.5) is 5.82 Å². The summed E-state index contributed by atoms with van der Waals surface area (Å²) in [5.41, 5.74) is 2.00. The molecule has 28 heavy (non-hydrogen) atoms. The molecular weight excluding hydrogens is 350 g/mol. The Balaban J connectivity index is 1.87. The minimum atomic E-state index is -0.478. The highest BCUT2D eigenvalue weighted by Gasteiger charge is 2.07. The van der Waals surface area contributed by atoms with Crippen LogP contribution in [0.15, 0.2) is 53.7 Å². The second-order valence-corrected chi connectivity index (χ2v) is 6.53. The van der Waals surface area contributed by atoms with Crippen LogP contribution in [0.2, 0.25) is 0 Å². The van der Waals surface area contributed by atoms with Gasteiger partial charge in [-0.2, -0.15) is 0 Å². The lowest BCUT2D eigenvalue weighted by molar-refractivity contribution is 0.168. The summed E-state index contributed by atoms with van der Waals surface area (Å²) in [5, 5.41) is 16.8. The van der Waals surface area contributed by atoms with Gasteiger partial charge in [0.2, 0.25) is 0 Å². The molecule has 6 nitrogen and oxygen atoms in total. The highest BCUT2D eigenvalue weighted by molar-refractivity contribution is 5.79. The SMILES string of the molecule is CCNC(=NCc1ccc(N(CC)CC)nc1)NCCC(O)c1ccccc1. The van der Waals surface area contributed by atoms with E-state index in [9.17, 15) is 5.11 Å². The summed E-state index contributed by atoms with van der Waals surface area (Å²) < 4.78 is 0. The Labute approximate surface area is 168 Å². The molecule has 0 amide bonds. The van der Waals surface area contributed by atoms with Crippen LogP contribution in [-0.4, -0.2) is 42.2 Å². The van der Waals surface area contributed by atoms with Gasteiger partial charge in [0.05, 0.1) is 12.6 Å². The first-order valence-corrected chi connectivity index (χ1v) is 10.1. The molecule has 0 fully saturated rings. The van der Waals surface area contributed by atoms with Crippen molar-refractivity contribution >= 4 is 11.8 Å². The van der Waals surface area contributed by atoms with Gasteiger partial charge in [0.1, 0.15) is 5.82 Å². The average Bonchev–Trinajstić information content (AvgIpc) is 2.74. The zero-order valence-corrected chi connectivity index (χ0v) is 17.2. The van der Waals surface area contributed by atoms with Crippen LogP contribution in [-0.2, 0) is 6.54 Å². The lowest BCUT2D eigenvalue weighted by Gasteiger charge is -2.19. The summed E-state index contributed by atoms with van der Waals surface area (Å²) in [7, 11) is 0. The number of nitrogens with zero attached hydrogens (tertiary/aromatic N) is 3. The smallest absolute Gasteiger partial charge is 0.191 e. The van der Waals surface area contributed by atoms with Gasteiger partial charge in [-0.1, -0.05) is 36.4 Å². The number of aromatic nitrogens is 1. The van der Waals surface area contributed by atoms with Crippen LogP contribution in [0, 0.1) is 0 Å². The number of aliphatic imine (C=N–C) groups is 1. The molecule has 1 unspecified atom stereocenters. The molecule has 1 atom stereocenters. The molecular formula is C22H33N5O. The van der Waals surface area contributed by atoms with Gasteiger partial charge >= 0.3 is 0 Å². The minimum Gasteiger partial charge on any atom is -0.388 e. The van der Waals surface area contributed by atoms with Gasteiger partial charge in [-0.3, -0.25) is 0 Å². The third kappa shape index (κ3) is 6.85. The summed E-state index contributed by atoms with van der Waals surface area (Å²) in [4.78, 5) is 11.4. The van der Waals surface area contributed by atoms with Crippen molar-refractivity contribution in [2.75, 3.05) is 31.1 Å². The van der Waals surface area contributed by atoms with E-state index >= 15 is 0 Å². The first-order chi connectivity index (χ1) is 13.7. The molecule has 2 rings (SSSR count). The van der Waals surface area contributed by atoms with Gasteiger partial charge in [-0.15, -0.1) is 0 Å². The van der Waals surface area contributed by atoms with Gasteiger partial charge in [0, 0.05) is 32.4 Å². The van der Waals surface area contributed by atoms with Crippen molar-refractivity contribution < 1.29 is 5.11 Å². The predicted octanol–water partition coefficient (Wildman–Crippen LogP) is 3.11. The number of guanidine groups is 1. The van der Waals surface area contributed by atoms with E-state index in [2.05, 4.69) is 51.5 Å². The van der Waals surface area contributed by atoms with Gasteiger partial charge in [-0.25, -0.2) is 9.98 Å². The van der Waals surface area contributed by atoms with Crippen molar-refractivity contribution in [3.8, 4) is 0 Å². The quantitative estimate of drug-likeness (QED) is 0.434. The molecule has 0 aliphatic rings. The van der Waals surface area contributed by atoms with Crippen LogP contribution >= 0.6 is 0 Å². The molecule has 0 bridgehead atoms. The molecule has 6 heteroatoms. The van der Waals surface area contributed by atoms with E-state index in [1.54, 1.807) is 0 Å². The summed E-state index contributed by atoms with van der Waals surface area (Å²) in [5.74, 6) is 1.74. The standard InChI is InChI=1S/C22H33N5O/c1-4-23-22(24-15-14-20(28)19-10-8-7-9-11-19)26-17-18-12-13-21(25-16-18)27(5-2)6-3/h7-13,16,20,28H,4-6,14-15,17H2,1-3H3,(H2,23,24,26). The van der Waals surface area contributed by atoms with E-state index in [1.807, 2.05) is 43.5 Å². The van der Waals surface area contributed by atoms with Crippen LogP contribution < -0.4 is 15.5 Å². The second-order valence-electron chi connectivity index (χ2n) is 6.53. The maximum Gasteiger partial charge on any atom is 0.191 e. The number of aliphatic hydroxyl groups is 1. The first kappa shape index (κ1) is 21.7. The number of pyridine rings is 1. The predicted molar refractivity (Wildman–Crippen MR) is 117 cm³/mol. The van der Waals surface area contributed by atoms with E-state index in [0.717, 1.165) is 42.5 Å². The molecule has 152 valence electrons. The zero-order valence-electron chi connectivity index (χ0n) is 17.2. The Kier molecular flexibility index (Phi) is 9.28. The summed E-state index contributed by atoms with van der Waals surface area (Å²) >= 11 is 0. The highest BCUT2D eigenvalue weighted by atomic mass is 16.3. The minimum absolute atomic E-state index is 0.478. The van der Waals surface area contributed by atoms with Crippen molar-refractivity contribution in [3.05, 3.63) is 59.8 Å². The Morgan fingerprint density at radius 3 is 2.43 bits per heavy atom. The van der Waals surface area contributed by atoms with Crippen molar-refractivity contribution in [3.63, 3.8) is 0 Å². The molecule has 0 aliphatic heterocycles. The van der Waals surface area contributed by atoms with E-state index in [4.69, 9.17) is 0 Å². The monoisotopic (exact) mass is 383 g/mol. The Bertz CT molecular complexity index is 699. The lowest BCUT2D eigenvalue weighted by atomic mass is 10.1. The van der Waals surface area contributed by atoms with E-state index in [1.165, 1.54) is 0 Å². The van der Waals surface area contributed by atoms with Crippen molar-refractivity contribution in [2.24, 2.45) is 4.99 Å². The molecule has 1 aromatic heterocycles. The highest BCUT2D eigenvalue weighted by Crippen LogP contribution is 2.15. The largest absolute Gasteiger partial charge is 0.388 e. The topological polar surface area (TPSA) is 72.8 Å². The first-order valence-electron chi connectivity index (χ1n) is 10.1. The number of aliphatic hydroxyl groups excluding tert-OH is 1. The molecule has 0 aliphatic carbocycles. The van der Waals surface area contributed by atoms with Gasteiger partial charge in [-0.05, 0) is 44.4 Å². The van der Waals surface area contributed by atoms with Crippen LogP contribution in [0.1, 0.15) is 44.4 Å². The Morgan fingerprint density at radius 1 is 1.07 bits per heavy atom. The average molecular weight is 384 g/mol. The molecule has 0 saturated heterocycles. The molecule has 3 N–H and O–H groups in total. The van der Waals surface area contributed by atoms with Crippen LogP contribution in [0.25, 0.3) is 0 Å². The van der Waals surface area contributed by atoms with E-state index in [0.29, 0.717) is 19.5 Å². The van der Waals surface area contributed by atoms with Crippen molar-refractivity contribution in [1.82, 2.24) is 15.6 Å². The van der Waals surface area contributed by atoms with E-state index < -0.39 is 6.10 Å². The van der Waals surface area contributed by atoms with Gasteiger partial charge in [0.15, 0.2) is 5.96 Å². The Morgan fingerprint density at radius 2 is 1.82 bits per heavy atom. The number of anilines is 1. The number of nitrogens with one attached hydrogen (secondary N) is 2. The fraction of sp³-hybridized carbons (Fsp3) is 0.455. The van der Waals surface area contributed by atoms with Gasteiger partial charge < -0.3 is 20.6 Å². The fourth-order valence-electron chi connectivity index (χ4n) is 2.93. The van der Waals surface area contributed by atoms with E-state index in [-0.39, 0.29) is 0 Å². The Hall–Kier alpha value is -2.60. The molecule has 2 aromatic rings. The number of rotatable bonds is 10. The molecule has 0 radical (unpaired) electrons. The van der Waals surface area contributed by atoms with Gasteiger partial charge in [0.25, 0.3) is 0 Å². The zero-order chi connectivity index (χ0) is 20.2. The summed E-state index contributed by atoms with van der Waals surface area (Å²) in [6.07, 6.45) is 2.03. The maximum absolute atomic E-state index is 10.3. The van der Waals surface area contributed by atoms with Crippen LogP contribution in [0.3, 0.4) is 0 Å². The number of hydrogen-bond donors (Lipinski definition) is 3. The summed E-state index contributed by atoms with van der Waals surface area (Å²) in [6.45, 7) is 10.2. The fourth-order valence-corrected chi connectivity index (χ4v) is 2.93. The third-order valence-corrected chi connectivity index (χ3v) is 4.56. The second kappa shape index (κ2) is 12.0.